The van der Waals surface area contributed by atoms with Gasteiger partial charge in [-0.3, -0.25) is 19.4 Å². The Balaban J connectivity index is 0.00000113. The second-order valence-corrected chi connectivity index (χ2v) is 11.1. The summed E-state index contributed by atoms with van der Waals surface area (Å²) in [6, 6.07) is 21.4. The minimum absolute atomic E-state index is 0.274. The van der Waals surface area contributed by atoms with Crippen LogP contribution in [0, 0.1) is 6.92 Å². The summed E-state index contributed by atoms with van der Waals surface area (Å²) in [6.45, 7) is 8.17. The quantitative estimate of drug-likeness (QED) is 0.355. The Hall–Kier alpha value is -4.68. The van der Waals surface area contributed by atoms with E-state index in [4.69, 9.17) is 19.4 Å². The number of hydrogen-bond acceptors (Lipinski definition) is 9. The predicted molar refractivity (Wildman–Crippen MR) is 164 cm³/mol. The highest BCUT2D eigenvalue weighted by Gasteiger charge is 2.23. The molecule has 12 heteroatoms. The molecular formula is C31H38N2O9S. The molecule has 0 heterocycles. The van der Waals surface area contributed by atoms with Gasteiger partial charge in [0.2, 0.25) is 0 Å². The van der Waals surface area contributed by atoms with Crippen molar-refractivity contribution >= 4 is 46.8 Å². The molecule has 0 atom stereocenters. The molecule has 0 saturated heterocycles. The predicted octanol–water partition coefficient (Wildman–Crippen LogP) is 3.36. The second kappa shape index (κ2) is 19.4. The number of rotatable bonds is 9. The molecule has 0 aromatic heterocycles. The molecule has 1 N–H and O–H groups in total. The molecule has 3 aromatic rings. The molecule has 0 aliphatic carbocycles. The van der Waals surface area contributed by atoms with Crippen molar-refractivity contribution in [3.05, 3.63) is 89.5 Å². The molecule has 0 spiro atoms. The first kappa shape index (κ1) is 38.3. The first-order chi connectivity index (χ1) is 20.3. The van der Waals surface area contributed by atoms with E-state index in [1.54, 1.807) is 55.6 Å². The summed E-state index contributed by atoms with van der Waals surface area (Å²) in [5, 5.41) is 8.96. The van der Waals surface area contributed by atoms with E-state index in [1.165, 1.54) is 18.7 Å². The first-order valence-corrected chi connectivity index (χ1v) is 14.5. The van der Waals surface area contributed by atoms with E-state index in [-0.39, 0.29) is 17.2 Å². The fourth-order valence-electron chi connectivity index (χ4n) is 3.71. The number of carbonyl (C=O) groups is 5. The van der Waals surface area contributed by atoms with Crippen molar-refractivity contribution < 1.29 is 42.2 Å². The lowest BCUT2D eigenvalue weighted by atomic mass is 10.1. The smallest absolute Gasteiger partial charge is 0.394 e. The Labute approximate surface area is 252 Å². The molecule has 0 unspecified atom stereocenters. The Morgan fingerprint density at radius 2 is 1.30 bits per heavy atom. The van der Waals surface area contributed by atoms with Crippen molar-refractivity contribution in [2.24, 2.45) is 0 Å². The van der Waals surface area contributed by atoms with Gasteiger partial charge in [0.25, 0.3) is 0 Å². The molecule has 0 radical (unpaired) electrons. The van der Waals surface area contributed by atoms with Crippen molar-refractivity contribution in [1.82, 2.24) is 4.90 Å². The number of amides is 1. The number of sulfone groups is 1. The third-order valence-corrected chi connectivity index (χ3v) is 6.76. The fourth-order valence-corrected chi connectivity index (χ4v) is 4.34. The number of nitrogens with zero attached hydrogens (tertiary/aromatic N) is 2. The van der Waals surface area contributed by atoms with Crippen molar-refractivity contribution in [2.75, 3.05) is 31.9 Å². The lowest BCUT2D eigenvalue weighted by Gasteiger charge is -2.21. The van der Waals surface area contributed by atoms with Gasteiger partial charge in [-0.15, -0.1) is 0 Å². The Morgan fingerprint density at radius 3 is 1.67 bits per heavy atom. The lowest BCUT2D eigenvalue weighted by Crippen LogP contribution is -2.39. The molecule has 3 aromatic carbocycles. The van der Waals surface area contributed by atoms with Crippen molar-refractivity contribution in [3.63, 3.8) is 0 Å². The van der Waals surface area contributed by atoms with Crippen LogP contribution in [0.3, 0.4) is 0 Å². The van der Waals surface area contributed by atoms with Crippen LogP contribution < -0.4 is 9.64 Å². The topological polar surface area (TPSA) is 155 Å². The Bertz CT molecular complexity index is 1420. The number of anilines is 1. The summed E-state index contributed by atoms with van der Waals surface area (Å²) in [7, 11) is 0.368. The Kier molecular flexibility index (Phi) is 17.3. The van der Waals surface area contributed by atoms with Gasteiger partial charge in [0.1, 0.15) is 25.1 Å². The minimum Gasteiger partial charge on any atom is -0.496 e. The number of aryl methyl sites for hydroxylation is 1. The van der Waals surface area contributed by atoms with E-state index in [0.717, 1.165) is 21.8 Å². The number of carboxylic acids is 1. The summed E-state index contributed by atoms with van der Waals surface area (Å²) >= 11 is 0. The highest BCUT2D eigenvalue weighted by atomic mass is 32.2. The van der Waals surface area contributed by atoms with Crippen LogP contribution in [-0.4, -0.2) is 76.6 Å². The van der Waals surface area contributed by atoms with Crippen molar-refractivity contribution in [1.29, 1.82) is 0 Å². The van der Waals surface area contributed by atoms with Crippen LogP contribution in [0.25, 0.3) is 0 Å². The molecule has 232 valence electrons. The molecular weight excluding hydrogens is 576 g/mol. The van der Waals surface area contributed by atoms with Gasteiger partial charge in [-0.25, -0.2) is 13.2 Å². The van der Waals surface area contributed by atoms with E-state index in [2.05, 4.69) is 0 Å². The van der Waals surface area contributed by atoms with E-state index in [1.807, 2.05) is 56.7 Å². The van der Waals surface area contributed by atoms with Crippen molar-refractivity contribution in [2.45, 2.75) is 31.8 Å². The van der Waals surface area contributed by atoms with Gasteiger partial charge < -0.3 is 19.4 Å². The van der Waals surface area contributed by atoms with Gasteiger partial charge in [-0.05, 0) is 67.9 Å². The average molecular weight is 615 g/mol. The van der Waals surface area contributed by atoms with Crippen LogP contribution >= 0.6 is 0 Å². The van der Waals surface area contributed by atoms with Crippen LogP contribution in [0.4, 0.5) is 5.69 Å². The normalized spacial score (nSPS) is 10.0. The number of ether oxygens (including phenoxy) is 1. The minimum atomic E-state index is -3.23. The number of methoxy groups -OCH3 is 1. The SMILES string of the molecule is C=O.C=O.CC(=O)CN(C(=O)C(=O)O)c1ccc(CN(C)Cc2ccc(S(C)(=O)=O)cc2)cc1.COc1ccccc1C. The zero-order valence-corrected chi connectivity index (χ0v) is 25.8. The number of benzene rings is 3. The summed E-state index contributed by atoms with van der Waals surface area (Å²) in [6.07, 6.45) is 1.17. The zero-order chi connectivity index (χ0) is 33.2. The number of Topliss-reactive ketones (excluding diaryl/α,β-unsaturated/α-hetero) is 1. The summed E-state index contributed by atoms with van der Waals surface area (Å²) in [5.41, 5.74) is 3.40. The molecule has 0 bridgehead atoms. The third kappa shape index (κ3) is 13.7. The third-order valence-electron chi connectivity index (χ3n) is 5.63. The molecule has 0 saturated carbocycles. The zero-order valence-electron chi connectivity index (χ0n) is 25.0. The second-order valence-electron chi connectivity index (χ2n) is 9.12. The number of hydrogen-bond donors (Lipinski definition) is 1. The van der Waals surface area contributed by atoms with Gasteiger partial charge in [-0.2, -0.15) is 0 Å². The number of aliphatic carboxylic acids is 1. The van der Waals surface area contributed by atoms with Crippen LogP contribution in [0.1, 0.15) is 23.6 Å². The highest BCUT2D eigenvalue weighted by Crippen LogP contribution is 2.18. The van der Waals surface area contributed by atoms with Gasteiger partial charge in [0.15, 0.2) is 9.84 Å². The van der Waals surface area contributed by atoms with Crippen LogP contribution in [0.15, 0.2) is 77.7 Å². The summed E-state index contributed by atoms with van der Waals surface area (Å²) < 4.78 is 28.1. The summed E-state index contributed by atoms with van der Waals surface area (Å²) in [4.78, 5) is 53.5. The Morgan fingerprint density at radius 1 is 0.837 bits per heavy atom. The van der Waals surface area contributed by atoms with Gasteiger partial charge in [0, 0.05) is 25.0 Å². The van der Waals surface area contributed by atoms with Crippen LogP contribution in [0.5, 0.6) is 5.75 Å². The van der Waals surface area contributed by atoms with Crippen LogP contribution in [-0.2, 0) is 46.9 Å². The van der Waals surface area contributed by atoms with E-state index in [0.29, 0.717) is 18.8 Å². The fraction of sp³-hybridized carbons (Fsp3) is 0.258. The molecule has 11 nitrogen and oxygen atoms in total. The average Bonchev–Trinajstić information content (AvgIpc) is 2.98. The maximum absolute atomic E-state index is 11.9. The number of carboxylic acid groups (broad SMARTS) is 1. The maximum atomic E-state index is 11.9. The monoisotopic (exact) mass is 614 g/mol. The largest absolute Gasteiger partial charge is 0.496 e. The lowest BCUT2D eigenvalue weighted by molar-refractivity contribution is -0.148. The molecule has 1 amide bonds. The summed E-state index contributed by atoms with van der Waals surface area (Å²) in [5.74, 6) is -2.15. The van der Waals surface area contributed by atoms with Crippen molar-refractivity contribution in [3.8, 4) is 5.75 Å². The molecule has 0 aliphatic heterocycles. The van der Waals surface area contributed by atoms with Crippen LogP contribution in [0.2, 0.25) is 0 Å². The van der Waals surface area contributed by atoms with Gasteiger partial charge in [0.05, 0.1) is 18.6 Å². The van der Waals surface area contributed by atoms with E-state index < -0.39 is 21.7 Å². The molecule has 3 rings (SSSR count). The number of carbonyl (C=O) groups excluding carboxylic acids is 4. The van der Waals surface area contributed by atoms with E-state index >= 15 is 0 Å². The highest BCUT2D eigenvalue weighted by molar-refractivity contribution is 7.90. The standard InChI is InChI=1S/C21H24N2O6S.C8H10O.2CH2O/c1-15(24)12-23(20(25)21(26)27)18-8-4-16(5-9-18)13-22(2)14-17-6-10-19(11-7-17)30(3,28)29;1-7-5-3-4-6-8(7)9-2;2*1-2/h4-11H,12-14H2,1-3H3,(H,26,27);3-6H,1-2H3;2*1H2. The van der Waals surface area contributed by atoms with Gasteiger partial charge in [-0.1, -0.05) is 42.5 Å². The molecule has 43 heavy (non-hydrogen) atoms. The first-order valence-electron chi connectivity index (χ1n) is 12.6. The number of ketones is 1. The maximum Gasteiger partial charge on any atom is 0.394 e. The molecule has 0 aliphatic rings. The van der Waals surface area contributed by atoms with Gasteiger partial charge >= 0.3 is 11.9 Å². The molecule has 0 fully saturated rings. The number of para-hydroxylation sites is 1. The van der Waals surface area contributed by atoms with E-state index in [9.17, 15) is 22.8 Å².